The summed E-state index contributed by atoms with van der Waals surface area (Å²) >= 11 is 0. The maximum atomic E-state index is 13.0. The molecule has 0 spiro atoms. The van der Waals surface area contributed by atoms with Crippen LogP contribution in [0.4, 0.5) is 0 Å². The summed E-state index contributed by atoms with van der Waals surface area (Å²) in [6.07, 6.45) is 2.14. The molecular weight excluding hydrogens is 342 g/mol. The lowest BCUT2D eigenvalue weighted by Gasteiger charge is -2.32. The van der Waals surface area contributed by atoms with Crippen LogP contribution in [0.25, 0.3) is 11.1 Å². The van der Waals surface area contributed by atoms with Crippen molar-refractivity contribution in [1.29, 1.82) is 0 Å². The zero-order chi connectivity index (χ0) is 19.2. The van der Waals surface area contributed by atoms with Crippen LogP contribution in [0, 0.1) is 5.92 Å². The molecule has 1 aliphatic heterocycles. The summed E-state index contributed by atoms with van der Waals surface area (Å²) in [6.45, 7) is 2.27. The largest absolute Gasteiger partial charge is 0.493 e. The average Bonchev–Trinajstić information content (AvgIpc) is 2.73. The van der Waals surface area contributed by atoms with Crippen LogP contribution in [-0.4, -0.2) is 51.8 Å². The first-order valence-electron chi connectivity index (χ1n) is 9.27. The number of nitrogens with zero attached hydrogens (tertiary/aromatic N) is 1. The van der Waals surface area contributed by atoms with Gasteiger partial charge >= 0.3 is 0 Å². The fourth-order valence-electron chi connectivity index (χ4n) is 3.65. The second-order valence-electron chi connectivity index (χ2n) is 6.87. The predicted molar refractivity (Wildman–Crippen MR) is 105 cm³/mol. The van der Waals surface area contributed by atoms with E-state index < -0.39 is 0 Å². The number of benzene rings is 2. The Balaban J connectivity index is 1.82. The molecule has 2 aromatic carbocycles. The highest BCUT2D eigenvalue weighted by Gasteiger charge is 2.24. The first kappa shape index (κ1) is 19.2. The van der Waals surface area contributed by atoms with Gasteiger partial charge in [0.2, 0.25) is 0 Å². The Kier molecular flexibility index (Phi) is 6.35. The van der Waals surface area contributed by atoms with Crippen molar-refractivity contribution in [3.05, 3.63) is 48.0 Å². The summed E-state index contributed by atoms with van der Waals surface area (Å²) in [5.41, 5.74) is 2.67. The van der Waals surface area contributed by atoms with E-state index in [-0.39, 0.29) is 5.91 Å². The molecule has 0 aromatic heterocycles. The van der Waals surface area contributed by atoms with Gasteiger partial charge in [-0.05, 0) is 54.2 Å². The van der Waals surface area contributed by atoms with Crippen LogP contribution in [0.15, 0.2) is 42.5 Å². The van der Waals surface area contributed by atoms with Gasteiger partial charge in [0.1, 0.15) is 0 Å². The molecule has 5 heteroatoms. The third-order valence-electron chi connectivity index (χ3n) is 5.03. The minimum absolute atomic E-state index is 0.0816. The molecule has 5 nitrogen and oxygen atoms in total. The third-order valence-corrected chi connectivity index (χ3v) is 5.03. The molecule has 0 radical (unpaired) electrons. The smallest absolute Gasteiger partial charge is 0.253 e. The Labute approximate surface area is 160 Å². The van der Waals surface area contributed by atoms with Crippen molar-refractivity contribution < 1.29 is 19.0 Å². The molecule has 1 amide bonds. The van der Waals surface area contributed by atoms with Gasteiger partial charge in [-0.2, -0.15) is 0 Å². The number of rotatable bonds is 6. The first-order chi connectivity index (χ1) is 13.2. The third kappa shape index (κ3) is 4.42. The fourth-order valence-corrected chi connectivity index (χ4v) is 3.65. The number of carbonyl (C=O) groups excluding carboxylic acids is 1. The normalized spacial score (nSPS) is 16.9. The van der Waals surface area contributed by atoms with E-state index in [1.54, 1.807) is 21.3 Å². The summed E-state index contributed by atoms with van der Waals surface area (Å²) in [5, 5.41) is 0. The molecule has 1 aliphatic rings. The van der Waals surface area contributed by atoms with Crippen molar-refractivity contribution in [2.24, 2.45) is 5.92 Å². The molecule has 1 unspecified atom stereocenters. The van der Waals surface area contributed by atoms with E-state index in [0.717, 1.165) is 37.1 Å². The van der Waals surface area contributed by atoms with Crippen molar-refractivity contribution in [1.82, 2.24) is 4.90 Å². The molecule has 1 fully saturated rings. The van der Waals surface area contributed by atoms with Crippen LogP contribution in [0.2, 0.25) is 0 Å². The van der Waals surface area contributed by atoms with E-state index in [0.29, 0.717) is 29.6 Å². The summed E-state index contributed by atoms with van der Waals surface area (Å²) in [6, 6.07) is 13.5. The standard InChI is InChI=1S/C22H27NO4/c1-25-15-16-6-5-11-23(14-16)22(24)19-8-4-7-17(12-19)18-9-10-20(26-2)21(13-18)27-3/h4,7-10,12-13,16H,5-6,11,14-15H2,1-3H3. The van der Waals surface area contributed by atoms with Gasteiger partial charge in [-0.3, -0.25) is 4.79 Å². The molecule has 1 atom stereocenters. The highest BCUT2D eigenvalue weighted by Crippen LogP contribution is 2.32. The molecular formula is C22H27NO4. The van der Waals surface area contributed by atoms with Gasteiger partial charge in [0.05, 0.1) is 20.8 Å². The second-order valence-corrected chi connectivity index (χ2v) is 6.87. The number of likely N-dealkylation sites (tertiary alicyclic amines) is 1. The van der Waals surface area contributed by atoms with Crippen molar-refractivity contribution in [2.75, 3.05) is 41.0 Å². The quantitative estimate of drug-likeness (QED) is 0.776. The van der Waals surface area contributed by atoms with Gasteiger partial charge in [-0.25, -0.2) is 0 Å². The van der Waals surface area contributed by atoms with E-state index in [9.17, 15) is 4.79 Å². The van der Waals surface area contributed by atoms with E-state index in [4.69, 9.17) is 14.2 Å². The number of amides is 1. The number of hydrogen-bond acceptors (Lipinski definition) is 4. The lowest BCUT2D eigenvalue weighted by molar-refractivity contribution is 0.0571. The summed E-state index contributed by atoms with van der Waals surface area (Å²) < 4.78 is 16.0. The van der Waals surface area contributed by atoms with Gasteiger partial charge < -0.3 is 19.1 Å². The van der Waals surface area contributed by atoms with Crippen LogP contribution in [0.5, 0.6) is 11.5 Å². The Morgan fingerprint density at radius 3 is 2.56 bits per heavy atom. The Morgan fingerprint density at radius 2 is 1.81 bits per heavy atom. The zero-order valence-electron chi connectivity index (χ0n) is 16.2. The van der Waals surface area contributed by atoms with E-state index in [1.807, 2.05) is 47.4 Å². The van der Waals surface area contributed by atoms with Crippen LogP contribution in [-0.2, 0) is 4.74 Å². The Bertz CT molecular complexity index is 788. The molecule has 0 aliphatic carbocycles. The van der Waals surface area contributed by atoms with Crippen LogP contribution in [0.1, 0.15) is 23.2 Å². The van der Waals surface area contributed by atoms with Crippen molar-refractivity contribution >= 4 is 5.91 Å². The minimum Gasteiger partial charge on any atom is -0.493 e. The molecule has 0 saturated carbocycles. The van der Waals surface area contributed by atoms with E-state index in [1.165, 1.54) is 0 Å². The lowest BCUT2D eigenvalue weighted by atomic mass is 9.97. The maximum Gasteiger partial charge on any atom is 0.253 e. The highest BCUT2D eigenvalue weighted by atomic mass is 16.5. The number of piperidine rings is 1. The molecule has 1 saturated heterocycles. The summed E-state index contributed by atoms with van der Waals surface area (Å²) in [7, 11) is 4.95. The van der Waals surface area contributed by atoms with Crippen molar-refractivity contribution in [3.8, 4) is 22.6 Å². The topological polar surface area (TPSA) is 48.0 Å². The SMILES string of the molecule is COCC1CCCN(C(=O)c2cccc(-c3ccc(OC)c(OC)c3)c2)C1. The van der Waals surface area contributed by atoms with Crippen molar-refractivity contribution in [3.63, 3.8) is 0 Å². The Hall–Kier alpha value is -2.53. The average molecular weight is 369 g/mol. The van der Waals surface area contributed by atoms with Crippen LogP contribution in [0.3, 0.4) is 0 Å². The van der Waals surface area contributed by atoms with Gasteiger partial charge in [-0.1, -0.05) is 18.2 Å². The fraction of sp³-hybridized carbons (Fsp3) is 0.409. The highest BCUT2D eigenvalue weighted by molar-refractivity contribution is 5.95. The monoisotopic (exact) mass is 369 g/mol. The zero-order valence-corrected chi connectivity index (χ0v) is 16.2. The van der Waals surface area contributed by atoms with E-state index >= 15 is 0 Å². The van der Waals surface area contributed by atoms with Gasteiger partial charge in [-0.15, -0.1) is 0 Å². The summed E-state index contributed by atoms with van der Waals surface area (Å²) in [4.78, 5) is 14.9. The molecule has 144 valence electrons. The van der Waals surface area contributed by atoms with Gasteiger partial charge in [0.15, 0.2) is 11.5 Å². The number of ether oxygens (including phenoxy) is 3. The van der Waals surface area contributed by atoms with Gasteiger partial charge in [0.25, 0.3) is 5.91 Å². The van der Waals surface area contributed by atoms with Crippen LogP contribution >= 0.6 is 0 Å². The van der Waals surface area contributed by atoms with Crippen LogP contribution < -0.4 is 9.47 Å². The lowest BCUT2D eigenvalue weighted by Crippen LogP contribution is -2.41. The van der Waals surface area contributed by atoms with E-state index in [2.05, 4.69) is 0 Å². The molecule has 1 heterocycles. The number of carbonyl (C=O) groups is 1. The Morgan fingerprint density at radius 1 is 1.04 bits per heavy atom. The molecule has 0 N–H and O–H groups in total. The molecule has 2 aromatic rings. The maximum absolute atomic E-state index is 13.0. The number of methoxy groups -OCH3 is 3. The summed E-state index contributed by atoms with van der Waals surface area (Å²) in [5.74, 6) is 1.86. The molecule has 0 bridgehead atoms. The predicted octanol–water partition coefficient (Wildman–Crippen LogP) is 3.87. The number of hydrogen-bond donors (Lipinski definition) is 0. The minimum atomic E-state index is 0.0816. The molecule has 3 rings (SSSR count). The van der Waals surface area contributed by atoms with Crippen molar-refractivity contribution in [2.45, 2.75) is 12.8 Å². The molecule has 27 heavy (non-hydrogen) atoms. The first-order valence-corrected chi connectivity index (χ1v) is 9.27. The van der Waals surface area contributed by atoms with Gasteiger partial charge in [0, 0.05) is 25.8 Å². The second kappa shape index (κ2) is 8.91.